The normalized spacial score (nSPS) is 18.7. The lowest BCUT2D eigenvalue weighted by Crippen LogP contribution is -2.35. The van der Waals surface area contributed by atoms with E-state index < -0.39 is 54.5 Å². The van der Waals surface area contributed by atoms with E-state index in [1.54, 1.807) is 31.4 Å². The minimum Gasteiger partial charge on any atom is -0.383 e. The van der Waals surface area contributed by atoms with Crippen LogP contribution in [-0.4, -0.2) is 109 Å². The quantitative estimate of drug-likeness (QED) is 0.0671. The van der Waals surface area contributed by atoms with E-state index in [1.807, 2.05) is 13.0 Å². The third-order valence-electron chi connectivity index (χ3n) is 11.8. The number of likely N-dealkylation sites (tertiary alicyclic amines) is 3. The van der Waals surface area contributed by atoms with Gasteiger partial charge < -0.3 is 18.0 Å². The van der Waals surface area contributed by atoms with Crippen molar-refractivity contribution < 1.29 is 69.5 Å². The molecule has 3 aliphatic rings. The molecule has 1 unspecified atom stereocenters. The molecule has 0 spiro atoms. The monoisotopic (exact) mass is 1090 g/mol. The molecule has 69 heavy (non-hydrogen) atoms. The molecule has 3 aliphatic heterocycles. The van der Waals surface area contributed by atoms with E-state index in [0.29, 0.717) is 23.3 Å². The van der Waals surface area contributed by atoms with E-state index in [9.17, 15) is 56.3 Å². The van der Waals surface area contributed by atoms with Crippen LogP contribution in [0.1, 0.15) is 98.4 Å². The number of hydrogen-bond acceptors (Lipinski definition) is 10. The predicted molar refractivity (Wildman–Crippen MR) is 248 cm³/mol. The third-order valence-corrected chi connectivity index (χ3v) is 14.9. The number of benzene rings is 3. The summed E-state index contributed by atoms with van der Waals surface area (Å²) in [7, 11) is -9.86. The molecule has 0 radical (unpaired) electrons. The van der Waals surface area contributed by atoms with E-state index in [1.165, 1.54) is 18.2 Å². The lowest BCUT2D eigenvalue weighted by molar-refractivity contribution is -0.138. The SMILES string of the molecule is C=CCN1CCC(c2cccc(OS(=O)(=O)C(F)(F)F)c2Cl)CC1.CCCN1CCCCC1c1cccc(Cl)c1C(F)(F)F.COCCN1CCC(c2cccc(OS(=O)(=O)C(F)(F)F)c2Cl)CC1. The third kappa shape index (κ3) is 16.2. The first-order valence-electron chi connectivity index (χ1n) is 22.0. The lowest BCUT2D eigenvalue weighted by Gasteiger charge is -2.37. The van der Waals surface area contributed by atoms with Crippen LogP contribution < -0.4 is 8.37 Å². The van der Waals surface area contributed by atoms with Gasteiger partial charge in [0.15, 0.2) is 11.5 Å². The van der Waals surface area contributed by atoms with Crippen LogP contribution in [0.2, 0.25) is 15.1 Å². The van der Waals surface area contributed by atoms with E-state index in [4.69, 9.17) is 39.5 Å². The molecular weight excluding hydrogens is 1040 g/mol. The van der Waals surface area contributed by atoms with E-state index >= 15 is 0 Å². The van der Waals surface area contributed by atoms with Gasteiger partial charge in [0, 0.05) is 26.2 Å². The molecule has 388 valence electrons. The Balaban J connectivity index is 0.000000227. The maximum Gasteiger partial charge on any atom is 0.534 e. The average molecular weight is 1090 g/mol. The van der Waals surface area contributed by atoms with Crippen LogP contribution in [0.5, 0.6) is 11.5 Å². The van der Waals surface area contributed by atoms with Crippen molar-refractivity contribution in [3.63, 3.8) is 0 Å². The first-order chi connectivity index (χ1) is 32.3. The summed E-state index contributed by atoms with van der Waals surface area (Å²) in [5, 5.41) is -0.379. The molecule has 0 N–H and O–H groups in total. The van der Waals surface area contributed by atoms with Crippen LogP contribution in [0.15, 0.2) is 67.3 Å². The first-order valence-corrected chi connectivity index (χ1v) is 25.9. The fraction of sp³-hybridized carbons (Fsp3) is 0.556. The molecule has 1 atom stereocenters. The minimum absolute atomic E-state index is 0.0310. The number of rotatable bonds is 14. The number of alkyl halides is 9. The summed E-state index contributed by atoms with van der Waals surface area (Å²) in [5.74, 6) is -0.933. The zero-order valence-corrected chi connectivity index (χ0v) is 41.7. The van der Waals surface area contributed by atoms with Gasteiger partial charge in [0.1, 0.15) is 0 Å². The second kappa shape index (κ2) is 25.6. The average Bonchev–Trinajstić information content (AvgIpc) is 3.27. The minimum atomic E-state index is -5.75. The van der Waals surface area contributed by atoms with E-state index in [0.717, 1.165) is 116 Å². The molecule has 0 saturated carbocycles. The van der Waals surface area contributed by atoms with Crippen molar-refractivity contribution in [2.75, 3.05) is 66.1 Å². The second-order valence-electron chi connectivity index (χ2n) is 16.5. The molecule has 6 rings (SSSR count). The number of halogens is 12. The number of methoxy groups -OCH3 is 1. The predicted octanol–water partition coefficient (Wildman–Crippen LogP) is 12.6. The Kier molecular flexibility index (Phi) is 21.7. The summed E-state index contributed by atoms with van der Waals surface area (Å²) in [6.07, 6.45) is 4.20. The van der Waals surface area contributed by atoms with Crippen molar-refractivity contribution in [1.82, 2.24) is 14.7 Å². The smallest absolute Gasteiger partial charge is 0.383 e. The maximum atomic E-state index is 13.3. The molecular formula is C45H55Cl3F9N3O7S2. The van der Waals surface area contributed by atoms with Gasteiger partial charge in [-0.15, -0.1) is 6.58 Å². The molecule has 3 aromatic rings. The highest BCUT2D eigenvalue weighted by Gasteiger charge is 2.50. The van der Waals surface area contributed by atoms with Crippen LogP contribution in [0.25, 0.3) is 0 Å². The van der Waals surface area contributed by atoms with Gasteiger partial charge >= 0.3 is 37.4 Å². The fourth-order valence-electron chi connectivity index (χ4n) is 8.46. The standard InChI is InChI=1S/C15H19ClF3NO4S.C15H17ClF3NO3S.C15H19ClF3N/c1-23-10-9-20-7-5-11(6-8-20)12-3-2-4-13(14(12)16)24-25(21,22)15(17,18)19;1-2-8-20-9-6-11(7-10-20)12-4-3-5-13(14(12)16)23-24(21,22)15(17,18)19;1-2-9-20-10-4-3-8-13(20)11-6-5-7-12(16)14(11)15(17,18)19/h2-4,11H,5-10H2,1H3;2-5,11H,1,6-10H2;5-7,13H,2-4,8-10H2,1H3. The number of piperidine rings is 3. The van der Waals surface area contributed by atoms with E-state index in [2.05, 4.69) is 29.6 Å². The molecule has 10 nitrogen and oxygen atoms in total. The van der Waals surface area contributed by atoms with Gasteiger partial charge in [0.2, 0.25) is 0 Å². The molecule has 0 bridgehead atoms. The Morgan fingerprint density at radius 2 is 1.12 bits per heavy atom. The van der Waals surface area contributed by atoms with Crippen molar-refractivity contribution in [2.45, 2.75) is 93.4 Å². The molecule has 0 amide bonds. The van der Waals surface area contributed by atoms with Gasteiger partial charge in [-0.1, -0.05) is 90.6 Å². The van der Waals surface area contributed by atoms with Crippen molar-refractivity contribution in [2.24, 2.45) is 0 Å². The molecule has 3 aromatic carbocycles. The topological polar surface area (TPSA) is 106 Å². The summed E-state index contributed by atoms with van der Waals surface area (Å²) in [4.78, 5) is 6.58. The van der Waals surface area contributed by atoms with Gasteiger partial charge in [0.25, 0.3) is 0 Å². The van der Waals surface area contributed by atoms with Crippen LogP contribution in [0, 0.1) is 0 Å². The Bertz CT molecular complexity index is 2360. The van der Waals surface area contributed by atoms with Crippen molar-refractivity contribution in [3.8, 4) is 11.5 Å². The Morgan fingerprint density at radius 1 is 0.652 bits per heavy atom. The van der Waals surface area contributed by atoms with Crippen LogP contribution in [-0.2, 0) is 31.1 Å². The van der Waals surface area contributed by atoms with Gasteiger partial charge in [0.05, 0.1) is 27.2 Å². The van der Waals surface area contributed by atoms with Crippen LogP contribution in [0.4, 0.5) is 39.5 Å². The Hall–Kier alpha value is -3.02. The van der Waals surface area contributed by atoms with Crippen LogP contribution in [0.3, 0.4) is 0 Å². The summed E-state index contributed by atoms with van der Waals surface area (Å²) < 4.78 is 173. The zero-order chi connectivity index (χ0) is 51.4. The fourth-order valence-corrected chi connectivity index (χ4v) is 10.4. The molecule has 3 fully saturated rings. The Morgan fingerprint density at radius 3 is 1.55 bits per heavy atom. The maximum absolute atomic E-state index is 13.3. The summed E-state index contributed by atoms with van der Waals surface area (Å²) in [6.45, 7) is 12.8. The summed E-state index contributed by atoms with van der Waals surface area (Å²) in [5.41, 5.74) is -10.1. The molecule has 0 aromatic heterocycles. The number of ether oxygens (including phenoxy) is 1. The van der Waals surface area contributed by atoms with Crippen LogP contribution >= 0.6 is 34.8 Å². The second-order valence-corrected chi connectivity index (χ2v) is 20.7. The highest BCUT2D eigenvalue weighted by atomic mass is 35.5. The van der Waals surface area contributed by atoms with Crippen molar-refractivity contribution in [3.05, 3.63) is 105 Å². The van der Waals surface area contributed by atoms with Gasteiger partial charge in [-0.25, -0.2) is 0 Å². The van der Waals surface area contributed by atoms with Gasteiger partial charge in [-0.05, 0) is 131 Å². The zero-order valence-electron chi connectivity index (χ0n) is 37.8. The molecule has 3 saturated heterocycles. The first kappa shape index (κ1) is 58.5. The molecule has 0 aliphatic carbocycles. The molecule has 24 heteroatoms. The number of nitrogens with zero attached hydrogens (tertiary/aromatic N) is 3. The Labute approximate surface area is 412 Å². The molecule has 3 heterocycles. The highest BCUT2D eigenvalue weighted by molar-refractivity contribution is 7.88. The number of hydrogen-bond donors (Lipinski definition) is 0. The van der Waals surface area contributed by atoms with Crippen molar-refractivity contribution >= 4 is 55.0 Å². The lowest BCUT2D eigenvalue weighted by atomic mass is 9.89. The highest BCUT2D eigenvalue weighted by Crippen LogP contribution is 2.44. The summed E-state index contributed by atoms with van der Waals surface area (Å²) >= 11 is 18.1. The largest absolute Gasteiger partial charge is 0.534 e. The van der Waals surface area contributed by atoms with E-state index in [-0.39, 0.29) is 32.9 Å². The van der Waals surface area contributed by atoms with Gasteiger partial charge in [-0.2, -0.15) is 56.3 Å². The van der Waals surface area contributed by atoms with Gasteiger partial charge in [-0.3, -0.25) is 9.80 Å². The summed E-state index contributed by atoms with van der Waals surface area (Å²) in [6, 6.07) is 12.8. The van der Waals surface area contributed by atoms with Crippen molar-refractivity contribution in [1.29, 1.82) is 0 Å².